The van der Waals surface area contributed by atoms with E-state index in [2.05, 4.69) is 32.2 Å². The first kappa shape index (κ1) is 16.8. The van der Waals surface area contributed by atoms with Crippen molar-refractivity contribution in [1.82, 2.24) is 20.1 Å². The van der Waals surface area contributed by atoms with Gasteiger partial charge in [-0.2, -0.15) is 23.1 Å². The summed E-state index contributed by atoms with van der Waals surface area (Å²) in [6, 6.07) is 3.76. The monoisotopic (exact) mass is 362 g/mol. The number of thioether (sulfide) groups is 1. The fourth-order valence-electron chi connectivity index (χ4n) is 2.46. The molecule has 2 N–H and O–H groups in total. The second-order valence-corrected chi connectivity index (χ2v) is 7.34. The Labute approximate surface area is 147 Å². The van der Waals surface area contributed by atoms with Gasteiger partial charge < -0.3 is 5.32 Å². The molecule has 24 heavy (non-hydrogen) atoms. The van der Waals surface area contributed by atoms with Gasteiger partial charge in [0.05, 0.1) is 10.9 Å². The van der Waals surface area contributed by atoms with E-state index in [4.69, 9.17) is 0 Å². The number of carbonyl (C=O) groups is 1. The number of aromatic nitrogens is 3. The first-order valence-corrected chi connectivity index (χ1v) is 9.59. The minimum atomic E-state index is -0.294. The molecule has 0 aliphatic heterocycles. The van der Waals surface area contributed by atoms with Crippen molar-refractivity contribution >= 4 is 40.0 Å². The molecule has 0 spiro atoms. The molecule has 3 heterocycles. The number of aromatic amines is 1. The van der Waals surface area contributed by atoms with Crippen LogP contribution in [0.3, 0.4) is 0 Å². The highest BCUT2D eigenvalue weighted by atomic mass is 32.2. The number of aryl methyl sites for hydroxylation is 2. The summed E-state index contributed by atoms with van der Waals surface area (Å²) in [5.74, 6) is 1.52. The molecular formula is C16H18N4O2S2. The van der Waals surface area contributed by atoms with Crippen molar-refractivity contribution in [1.29, 1.82) is 0 Å². The van der Waals surface area contributed by atoms with Crippen molar-refractivity contribution in [2.75, 3.05) is 12.3 Å². The van der Waals surface area contributed by atoms with E-state index in [-0.39, 0.29) is 11.5 Å². The van der Waals surface area contributed by atoms with Crippen LogP contribution in [0.25, 0.3) is 11.0 Å². The third kappa shape index (κ3) is 3.54. The van der Waals surface area contributed by atoms with Gasteiger partial charge >= 0.3 is 0 Å². The van der Waals surface area contributed by atoms with E-state index in [1.54, 1.807) is 36.2 Å². The zero-order chi connectivity index (χ0) is 17.1. The summed E-state index contributed by atoms with van der Waals surface area (Å²) in [7, 11) is 1.71. The Morgan fingerprint density at radius 1 is 1.50 bits per heavy atom. The van der Waals surface area contributed by atoms with Crippen molar-refractivity contribution in [2.45, 2.75) is 12.7 Å². The van der Waals surface area contributed by atoms with Crippen LogP contribution in [0, 0.1) is 6.92 Å². The Morgan fingerprint density at radius 2 is 2.33 bits per heavy atom. The number of nitrogens with one attached hydrogen (secondary N) is 2. The highest BCUT2D eigenvalue weighted by molar-refractivity contribution is 7.98. The van der Waals surface area contributed by atoms with Gasteiger partial charge in [-0.25, -0.2) is 4.98 Å². The molecule has 0 bridgehead atoms. The SMILES string of the molecule is Cc1cc(C(=O)NCCSCc2ccsc2)c2c(=O)[nH]n(C)c2n1. The average molecular weight is 362 g/mol. The van der Waals surface area contributed by atoms with Gasteiger partial charge in [-0.3, -0.25) is 19.4 Å². The fourth-order valence-corrected chi connectivity index (χ4v) is 4.04. The van der Waals surface area contributed by atoms with Crippen LogP contribution in [-0.2, 0) is 12.8 Å². The zero-order valence-electron chi connectivity index (χ0n) is 13.5. The Kier molecular flexibility index (Phi) is 5.06. The van der Waals surface area contributed by atoms with Gasteiger partial charge in [-0.05, 0) is 35.4 Å². The maximum absolute atomic E-state index is 12.5. The van der Waals surface area contributed by atoms with Crippen LogP contribution in [0.1, 0.15) is 21.6 Å². The number of pyridine rings is 1. The third-order valence-electron chi connectivity index (χ3n) is 3.57. The summed E-state index contributed by atoms with van der Waals surface area (Å²) >= 11 is 3.46. The van der Waals surface area contributed by atoms with Crippen LogP contribution in [-0.4, -0.2) is 33.0 Å². The van der Waals surface area contributed by atoms with Gasteiger partial charge in [0.15, 0.2) is 5.65 Å². The summed E-state index contributed by atoms with van der Waals surface area (Å²) in [6.45, 7) is 2.37. The van der Waals surface area contributed by atoms with Crippen molar-refractivity contribution in [2.24, 2.45) is 7.05 Å². The van der Waals surface area contributed by atoms with E-state index in [1.165, 1.54) is 10.2 Å². The van der Waals surface area contributed by atoms with Gasteiger partial charge in [0, 0.05) is 30.8 Å². The second-order valence-electron chi connectivity index (χ2n) is 5.45. The number of thiophene rings is 1. The molecule has 0 saturated heterocycles. The third-order valence-corrected chi connectivity index (χ3v) is 5.33. The molecule has 0 radical (unpaired) electrons. The Morgan fingerprint density at radius 3 is 3.08 bits per heavy atom. The molecule has 1 amide bonds. The minimum absolute atomic E-state index is 0.238. The van der Waals surface area contributed by atoms with E-state index in [1.807, 2.05) is 6.92 Å². The topological polar surface area (TPSA) is 79.8 Å². The average Bonchev–Trinajstić information content (AvgIpc) is 3.15. The first-order valence-electron chi connectivity index (χ1n) is 7.49. The summed E-state index contributed by atoms with van der Waals surface area (Å²) < 4.78 is 1.54. The quantitative estimate of drug-likeness (QED) is 0.660. The van der Waals surface area contributed by atoms with Crippen LogP contribution >= 0.6 is 23.1 Å². The molecule has 3 aromatic heterocycles. The molecule has 0 fully saturated rings. The lowest BCUT2D eigenvalue weighted by Crippen LogP contribution is -2.27. The smallest absolute Gasteiger partial charge is 0.274 e. The molecule has 6 nitrogen and oxygen atoms in total. The van der Waals surface area contributed by atoms with Crippen LogP contribution in [0.2, 0.25) is 0 Å². The van der Waals surface area contributed by atoms with Crippen LogP contribution in [0.4, 0.5) is 0 Å². The second kappa shape index (κ2) is 7.23. The lowest BCUT2D eigenvalue weighted by atomic mass is 10.1. The van der Waals surface area contributed by atoms with Gasteiger partial charge in [0.1, 0.15) is 0 Å². The molecule has 0 unspecified atom stereocenters. The summed E-state index contributed by atoms with van der Waals surface area (Å²) in [4.78, 5) is 28.8. The first-order chi connectivity index (χ1) is 11.6. The number of carbonyl (C=O) groups excluding carboxylic acids is 1. The van der Waals surface area contributed by atoms with E-state index >= 15 is 0 Å². The maximum atomic E-state index is 12.5. The highest BCUT2D eigenvalue weighted by Crippen LogP contribution is 2.16. The summed E-state index contributed by atoms with van der Waals surface area (Å²) in [5.41, 5.74) is 2.59. The normalized spacial score (nSPS) is 11.1. The standard InChI is InChI=1S/C16H18N4O2S2/c1-10-7-12(13-14(18-10)20(2)19-16(13)22)15(21)17-4-6-24-9-11-3-5-23-8-11/h3,5,7-8H,4,6,9H2,1-2H3,(H,17,21)(H,19,22). The number of hydrogen-bond acceptors (Lipinski definition) is 5. The van der Waals surface area contributed by atoms with E-state index in [0.29, 0.717) is 28.8 Å². The minimum Gasteiger partial charge on any atom is -0.351 e. The number of nitrogens with zero attached hydrogens (tertiary/aromatic N) is 2. The molecule has 0 saturated carbocycles. The molecule has 8 heteroatoms. The van der Waals surface area contributed by atoms with Gasteiger partial charge in [-0.15, -0.1) is 0 Å². The van der Waals surface area contributed by atoms with E-state index in [9.17, 15) is 9.59 Å². The number of fused-ring (bicyclic) bond motifs is 1. The molecule has 0 aliphatic rings. The molecule has 3 aromatic rings. The number of amides is 1. The fraction of sp³-hybridized carbons (Fsp3) is 0.312. The lowest BCUT2D eigenvalue weighted by molar-refractivity contribution is 0.0957. The van der Waals surface area contributed by atoms with Crippen molar-refractivity contribution < 1.29 is 4.79 Å². The summed E-state index contributed by atoms with van der Waals surface area (Å²) in [6.07, 6.45) is 0. The molecular weight excluding hydrogens is 344 g/mol. The predicted molar refractivity (Wildman–Crippen MR) is 98.9 cm³/mol. The summed E-state index contributed by atoms with van der Waals surface area (Å²) in [5, 5.41) is 10.1. The zero-order valence-corrected chi connectivity index (χ0v) is 15.1. The molecule has 0 aromatic carbocycles. The maximum Gasteiger partial charge on any atom is 0.274 e. The van der Waals surface area contributed by atoms with Crippen LogP contribution < -0.4 is 10.9 Å². The number of hydrogen-bond donors (Lipinski definition) is 2. The number of rotatable bonds is 6. The Bertz CT molecular complexity index is 912. The van der Waals surface area contributed by atoms with Gasteiger partial charge in [-0.1, -0.05) is 0 Å². The predicted octanol–water partition coefficient (Wildman–Crippen LogP) is 2.29. The van der Waals surface area contributed by atoms with Crippen molar-refractivity contribution in [3.63, 3.8) is 0 Å². The van der Waals surface area contributed by atoms with Crippen molar-refractivity contribution in [3.05, 3.63) is 50.1 Å². The van der Waals surface area contributed by atoms with Gasteiger partial charge in [0.2, 0.25) is 0 Å². The molecule has 126 valence electrons. The van der Waals surface area contributed by atoms with E-state index in [0.717, 1.165) is 11.5 Å². The molecule has 0 atom stereocenters. The van der Waals surface area contributed by atoms with Crippen LogP contribution in [0.5, 0.6) is 0 Å². The van der Waals surface area contributed by atoms with Gasteiger partial charge in [0.25, 0.3) is 11.5 Å². The highest BCUT2D eigenvalue weighted by Gasteiger charge is 2.17. The largest absolute Gasteiger partial charge is 0.351 e. The van der Waals surface area contributed by atoms with Crippen LogP contribution in [0.15, 0.2) is 27.7 Å². The van der Waals surface area contributed by atoms with Crippen molar-refractivity contribution in [3.8, 4) is 0 Å². The lowest BCUT2D eigenvalue weighted by Gasteiger charge is -2.07. The Balaban J connectivity index is 1.65. The van der Waals surface area contributed by atoms with E-state index < -0.39 is 0 Å². The Hall–Kier alpha value is -2.06. The molecule has 3 rings (SSSR count). The number of H-pyrrole nitrogens is 1. The molecule has 0 aliphatic carbocycles.